The minimum absolute atomic E-state index is 0.110. The van der Waals surface area contributed by atoms with Gasteiger partial charge in [-0.1, -0.05) is 37.3 Å². The highest BCUT2D eigenvalue weighted by Gasteiger charge is 1.88. The third-order valence-corrected chi connectivity index (χ3v) is 1.38. The smallest absolute Gasteiger partial charge is 0.0678 e. The molecular formula is C10H16O. The Balaban J connectivity index is 4.28. The predicted octanol–water partition coefficient (Wildman–Crippen LogP) is 2.45. The third-order valence-electron chi connectivity index (χ3n) is 1.38. The molecule has 0 saturated heterocycles. The van der Waals surface area contributed by atoms with Gasteiger partial charge in [-0.25, -0.2) is 0 Å². The summed E-state index contributed by atoms with van der Waals surface area (Å²) >= 11 is 0. The molecule has 0 amide bonds. The number of allylic oxidation sites excluding steroid dienone is 3. The topological polar surface area (TPSA) is 20.2 Å². The molecule has 62 valence electrons. The molecule has 0 aromatic rings. The molecule has 0 aliphatic carbocycles. The van der Waals surface area contributed by atoms with E-state index in [0.29, 0.717) is 0 Å². The van der Waals surface area contributed by atoms with Crippen LogP contribution in [0.4, 0.5) is 0 Å². The summed E-state index contributed by atoms with van der Waals surface area (Å²) in [5.74, 6) is 0. The number of hydrogen-bond donors (Lipinski definition) is 1. The molecule has 0 heterocycles. The summed E-state index contributed by atoms with van der Waals surface area (Å²) in [6.45, 7) is 7.75. The average molecular weight is 152 g/mol. The Labute approximate surface area is 68.7 Å². The van der Waals surface area contributed by atoms with Crippen molar-refractivity contribution in [2.75, 3.05) is 6.61 Å². The Morgan fingerprint density at radius 2 is 2.18 bits per heavy atom. The SMILES string of the molecule is C=C/C(C)=C\C(=C/CC)CO. The molecule has 11 heavy (non-hydrogen) atoms. The predicted molar refractivity (Wildman–Crippen MR) is 49.4 cm³/mol. The van der Waals surface area contributed by atoms with Crippen LogP contribution >= 0.6 is 0 Å². The second-order valence-electron chi connectivity index (χ2n) is 2.44. The van der Waals surface area contributed by atoms with E-state index in [-0.39, 0.29) is 6.61 Å². The van der Waals surface area contributed by atoms with Crippen molar-refractivity contribution in [1.82, 2.24) is 0 Å². The highest BCUT2D eigenvalue weighted by atomic mass is 16.3. The van der Waals surface area contributed by atoms with E-state index in [1.54, 1.807) is 6.08 Å². The molecule has 1 N–H and O–H groups in total. The van der Waals surface area contributed by atoms with Crippen LogP contribution in [0, 0.1) is 0 Å². The molecule has 0 bridgehead atoms. The maximum absolute atomic E-state index is 8.85. The van der Waals surface area contributed by atoms with Gasteiger partial charge < -0.3 is 5.11 Å². The van der Waals surface area contributed by atoms with Crippen molar-refractivity contribution in [3.8, 4) is 0 Å². The average Bonchev–Trinajstić information content (AvgIpc) is 2.03. The largest absolute Gasteiger partial charge is 0.392 e. The monoisotopic (exact) mass is 152 g/mol. The molecule has 0 fully saturated rings. The van der Waals surface area contributed by atoms with Crippen LogP contribution < -0.4 is 0 Å². The van der Waals surface area contributed by atoms with E-state index in [9.17, 15) is 0 Å². The zero-order valence-electron chi connectivity index (χ0n) is 7.30. The first-order chi connectivity index (χ1) is 5.24. The summed E-state index contributed by atoms with van der Waals surface area (Å²) < 4.78 is 0. The Kier molecular flexibility index (Phi) is 5.49. The first kappa shape index (κ1) is 10.2. The standard InChI is InChI=1S/C10H16O/c1-4-6-10(8-11)7-9(3)5-2/h5-7,11H,2,4,8H2,1,3H3/b9-7-,10-6+. The van der Waals surface area contributed by atoms with Gasteiger partial charge in [0, 0.05) is 0 Å². The van der Waals surface area contributed by atoms with Crippen molar-refractivity contribution < 1.29 is 5.11 Å². The van der Waals surface area contributed by atoms with Gasteiger partial charge in [0.2, 0.25) is 0 Å². The van der Waals surface area contributed by atoms with Gasteiger partial charge >= 0.3 is 0 Å². The molecule has 0 aromatic heterocycles. The quantitative estimate of drug-likeness (QED) is 0.613. The second kappa shape index (κ2) is 5.93. The van der Waals surface area contributed by atoms with Gasteiger partial charge in [-0.05, 0) is 18.9 Å². The fourth-order valence-corrected chi connectivity index (χ4v) is 0.783. The lowest BCUT2D eigenvalue weighted by molar-refractivity contribution is 0.334. The molecule has 0 saturated carbocycles. The molecule has 0 atom stereocenters. The Morgan fingerprint density at radius 1 is 1.55 bits per heavy atom. The van der Waals surface area contributed by atoms with Crippen molar-refractivity contribution in [1.29, 1.82) is 0 Å². The van der Waals surface area contributed by atoms with Crippen LogP contribution in [0.2, 0.25) is 0 Å². The van der Waals surface area contributed by atoms with Crippen molar-refractivity contribution >= 4 is 0 Å². The van der Waals surface area contributed by atoms with E-state index in [4.69, 9.17) is 5.11 Å². The zero-order valence-corrected chi connectivity index (χ0v) is 7.30. The van der Waals surface area contributed by atoms with Crippen LogP contribution in [0.1, 0.15) is 20.3 Å². The van der Waals surface area contributed by atoms with Crippen LogP contribution in [0.5, 0.6) is 0 Å². The zero-order chi connectivity index (χ0) is 8.69. The fourth-order valence-electron chi connectivity index (χ4n) is 0.783. The number of hydrogen-bond acceptors (Lipinski definition) is 1. The van der Waals surface area contributed by atoms with E-state index in [0.717, 1.165) is 17.6 Å². The van der Waals surface area contributed by atoms with Crippen LogP contribution in [0.25, 0.3) is 0 Å². The minimum atomic E-state index is 0.110. The maximum Gasteiger partial charge on any atom is 0.0678 e. The van der Waals surface area contributed by atoms with Gasteiger partial charge in [0.05, 0.1) is 6.61 Å². The molecule has 1 nitrogen and oxygen atoms in total. The molecule has 0 spiro atoms. The number of aliphatic hydroxyl groups excluding tert-OH is 1. The summed E-state index contributed by atoms with van der Waals surface area (Å²) in [6, 6.07) is 0. The fraction of sp³-hybridized carbons (Fsp3) is 0.400. The van der Waals surface area contributed by atoms with Gasteiger partial charge in [-0.3, -0.25) is 0 Å². The highest BCUT2D eigenvalue weighted by molar-refractivity contribution is 5.27. The van der Waals surface area contributed by atoms with Crippen molar-refractivity contribution in [3.05, 3.63) is 36.0 Å². The van der Waals surface area contributed by atoms with Gasteiger partial charge in [0.15, 0.2) is 0 Å². The first-order valence-electron chi connectivity index (χ1n) is 3.85. The lowest BCUT2D eigenvalue weighted by Crippen LogP contribution is -1.86. The van der Waals surface area contributed by atoms with Crippen LogP contribution in [0.15, 0.2) is 36.0 Å². The molecule has 0 aliphatic rings. The highest BCUT2D eigenvalue weighted by Crippen LogP contribution is 2.03. The normalized spacial score (nSPS) is 13.4. The first-order valence-corrected chi connectivity index (χ1v) is 3.85. The van der Waals surface area contributed by atoms with Crippen molar-refractivity contribution in [2.45, 2.75) is 20.3 Å². The molecule has 1 heteroatoms. The van der Waals surface area contributed by atoms with Gasteiger partial charge in [0.1, 0.15) is 0 Å². The maximum atomic E-state index is 8.85. The molecule has 0 unspecified atom stereocenters. The van der Waals surface area contributed by atoms with Crippen molar-refractivity contribution in [2.24, 2.45) is 0 Å². The van der Waals surface area contributed by atoms with Gasteiger partial charge in [0.25, 0.3) is 0 Å². The summed E-state index contributed by atoms with van der Waals surface area (Å²) in [5, 5.41) is 8.85. The summed E-state index contributed by atoms with van der Waals surface area (Å²) in [4.78, 5) is 0. The molecule has 0 rings (SSSR count). The number of aliphatic hydroxyl groups is 1. The molecular weight excluding hydrogens is 136 g/mol. The Morgan fingerprint density at radius 3 is 2.55 bits per heavy atom. The Bertz CT molecular complexity index is 175. The van der Waals surface area contributed by atoms with Gasteiger partial charge in [-0.15, -0.1) is 0 Å². The van der Waals surface area contributed by atoms with E-state index >= 15 is 0 Å². The number of rotatable bonds is 4. The van der Waals surface area contributed by atoms with Crippen molar-refractivity contribution in [3.63, 3.8) is 0 Å². The van der Waals surface area contributed by atoms with Crippen LogP contribution in [-0.2, 0) is 0 Å². The van der Waals surface area contributed by atoms with E-state index in [1.807, 2.05) is 26.0 Å². The minimum Gasteiger partial charge on any atom is -0.392 e. The Hall–Kier alpha value is -0.820. The van der Waals surface area contributed by atoms with Gasteiger partial charge in [-0.2, -0.15) is 0 Å². The van der Waals surface area contributed by atoms with Crippen LogP contribution in [0.3, 0.4) is 0 Å². The lowest BCUT2D eigenvalue weighted by atomic mass is 10.1. The van der Waals surface area contributed by atoms with Crippen LogP contribution in [-0.4, -0.2) is 11.7 Å². The third kappa shape index (κ3) is 4.57. The summed E-state index contributed by atoms with van der Waals surface area (Å²) in [7, 11) is 0. The molecule has 0 radical (unpaired) electrons. The van der Waals surface area contributed by atoms with E-state index in [1.165, 1.54) is 0 Å². The molecule has 0 aromatic carbocycles. The van der Waals surface area contributed by atoms with E-state index < -0.39 is 0 Å². The second-order valence-corrected chi connectivity index (χ2v) is 2.44. The molecule has 0 aliphatic heterocycles. The summed E-state index contributed by atoms with van der Waals surface area (Å²) in [5.41, 5.74) is 2.05. The van der Waals surface area contributed by atoms with E-state index in [2.05, 4.69) is 6.58 Å². The lowest BCUT2D eigenvalue weighted by Gasteiger charge is -1.96. The summed E-state index contributed by atoms with van der Waals surface area (Å²) in [6.07, 6.45) is 6.68.